The molecule has 0 unspecified atom stereocenters. The molecule has 0 fully saturated rings. The molecule has 0 saturated carbocycles. The number of pyridine rings is 1. The Kier molecular flexibility index (Phi) is 3.84. The zero-order valence-electron chi connectivity index (χ0n) is 11.1. The molecule has 4 heteroatoms. The number of halogens is 1. The van der Waals surface area contributed by atoms with Crippen molar-refractivity contribution in [1.82, 2.24) is 4.98 Å². The van der Waals surface area contributed by atoms with E-state index in [2.05, 4.69) is 4.98 Å². The largest absolute Gasteiger partial charge is 0.473 e. The molecule has 0 saturated heterocycles. The van der Waals surface area contributed by atoms with Crippen LogP contribution in [0, 0.1) is 0 Å². The third-order valence-corrected chi connectivity index (χ3v) is 3.34. The van der Waals surface area contributed by atoms with Crippen LogP contribution in [0.5, 0.6) is 5.88 Å². The van der Waals surface area contributed by atoms with Gasteiger partial charge >= 0.3 is 0 Å². The van der Waals surface area contributed by atoms with E-state index in [0.717, 1.165) is 10.9 Å². The number of rotatable bonds is 4. The van der Waals surface area contributed by atoms with Crippen molar-refractivity contribution in [3.05, 3.63) is 71.8 Å². The van der Waals surface area contributed by atoms with Gasteiger partial charge in [0.15, 0.2) is 0 Å². The van der Waals surface area contributed by atoms with Crippen LogP contribution < -0.4 is 4.74 Å². The number of para-hydroxylation sites is 1. The van der Waals surface area contributed by atoms with E-state index in [1.165, 1.54) is 0 Å². The van der Waals surface area contributed by atoms with Gasteiger partial charge in [-0.2, -0.15) is 0 Å². The van der Waals surface area contributed by atoms with Crippen molar-refractivity contribution in [3.8, 4) is 5.88 Å². The molecule has 0 spiro atoms. The maximum atomic E-state index is 11.6. The molecule has 0 aliphatic heterocycles. The first-order valence-electron chi connectivity index (χ1n) is 6.50. The van der Waals surface area contributed by atoms with Gasteiger partial charge in [-0.1, -0.05) is 48.5 Å². The molecule has 0 atom stereocenters. The Balaban J connectivity index is 1.94. The summed E-state index contributed by atoms with van der Waals surface area (Å²) in [6, 6.07) is 18.7. The van der Waals surface area contributed by atoms with Crippen molar-refractivity contribution in [2.24, 2.45) is 0 Å². The lowest BCUT2D eigenvalue weighted by Gasteiger charge is -2.08. The predicted octanol–water partition coefficient (Wildman–Crippen LogP) is 4.19. The fourth-order valence-corrected chi connectivity index (χ4v) is 2.28. The third-order valence-electron chi connectivity index (χ3n) is 3.13. The maximum Gasteiger partial charge on any atom is 0.253 e. The van der Waals surface area contributed by atoms with Crippen LogP contribution in [0.4, 0.5) is 0 Å². The minimum Gasteiger partial charge on any atom is -0.473 e. The number of ether oxygens (including phenoxy) is 1. The van der Waals surface area contributed by atoms with E-state index >= 15 is 0 Å². The topological polar surface area (TPSA) is 39.2 Å². The molecule has 1 heterocycles. The van der Waals surface area contributed by atoms with E-state index in [1.807, 2.05) is 54.6 Å². The summed E-state index contributed by atoms with van der Waals surface area (Å²) in [4.78, 5) is 16.0. The lowest BCUT2D eigenvalue weighted by atomic mass is 10.1. The molecular weight excluding hydrogens is 286 g/mol. The van der Waals surface area contributed by atoms with Gasteiger partial charge in [0.05, 0.1) is 5.52 Å². The molecule has 0 bridgehead atoms. The third kappa shape index (κ3) is 3.03. The van der Waals surface area contributed by atoms with Crippen molar-refractivity contribution in [3.63, 3.8) is 0 Å². The molecule has 104 valence electrons. The van der Waals surface area contributed by atoms with Gasteiger partial charge in [0, 0.05) is 17.0 Å². The fourth-order valence-electron chi connectivity index (χ4n) is 2.12. The van der Waals surface area contributed by atoms with Gasteiger partial charge in [-0.15, -0.1) is 0 Å². The summed E-state index contributed by atoms with van der Waals surface area (Å²) >= 11 is 5.65. The average molecular weight is 298 g/mol. The highest BCUT2D eigenvalue weighted by molar-refractivity contribution is 6.68. The summed E-state index contributed by atoms with van der Waals surface area (Å²) < 4.78 is 5.67. The fraction of sp³-hybridized carbons (Fsp3) is 0.0588. The van der Waals surface area contributed by atoms with Crippen LogP contribution in [-0.2, 0) is 6.61 Å². The van der Waals surface area contributed by atoms with E-state index in [0.29, 0.717) is 23.6 Å². The van der Waals surface area contributed by atoms with E-state index in [9.17, 15) is 4.79 Å². The number of carbonyl (C=O) groups excluding carboxylic acids is 1. The van der Waals surface area contributed by atoms with Crippen molar-refractivity contribution in [1.29, 1.82) is 0 Å². The number of nitrogens with zero attached hydrogens (tertiary/aromatic N) is 1. The monoisotopic (exact) mass is 297 g/mol. The maximum absolute atomic E-state index is 11.6. The quantitative estimate of drug-likeness (QED) is 0.678. The average Bonchev–Trinajstić information content (AvgIpc) is 2.53. The molecule has 0 radical (unpaired) electrons. The summed E-state index contributed by atoms with van der Waals surface area (Å²) in [6.07, 6.45) is 0. The van der Waals surface area contributed by atoms with Gasteiger partial charge in [0.25, 0.3) is 5.24 Å². The second-order valence-corrected chi connectivity index (χ2v) is 4.92. The Morgan fingerprint density at radius 1 is 1.05 bits per heavy atom. The van der Waals surface area contributed by atoms with Crippen molar-refractivity contribution < 1.29 is 9.53 Å². The van der Waals surface area contributed by atoms with E-state index in [-0.39, 0.29) is 0 Å². The Labute approximate surface area is 127 Å². The smallest absolute Gasteiger partial charge is 0.253 e. The highest BCUT2D eigenvalue weighted by atomic mass is 35.5. The number of aromatic nitrogens is 1. The second kappa shape index (κ2) is 5.94. The van der Waals surface area contributed by atoms with Gasteiger partial charge < -0.3 is 4.74 Å². The SMILES string of the molecule is O=C(Cl)c1cc(OCc2ccccc2)nc2ccccc12. The first-order chi connectivity index (χ1) is 10.2. The van der Waals surface area contributed by atoms with Crippen LogP contribution in [0.15, 0.2) is 60.7 Å². The number of fused-ring (bicyclic) bond motifs is 1. The van der Waals surface area contributed by atoms with E-state index < -0.39 is 5.24 Å². The van der Waals surface area contributed by atoms with Crippen molar-refractivity contribution >= 4 is 27.7 Å². The van der Waals surface area contributed by atoms with E-state index in [1.54, 1.807) is 6.07 Å². The van der Waals surface area contributed by atoms with Gasteiger partial charge in [-0.3, -0.25) is 4.79 Å². The van der Waals surface area contributed by atoms with Gasteiger partial charge in [0.2, 0.25) is 5.88 Å². The molecule has 0 amide bonds. The first kappa shape index (κ1) is 13.6. The van der Waals surface area contributed by atoms with Gasteiger partial charge in [-0.25, -0.2) is 4.98 Å². The Hall–Kier alpha value is -2.39. The molecule has 0 aliphatic rings. The lowest BCUT2D eigenvalue weighted by molar-refractivity contribution is 0.108. The molecule has 21 heavy (non-hydrogen) atoms. The molecule has 3 nitrogen and oxygen atoms in total. The number of carbonyl (C=O) groups is 1. The normalized spacial score (nSPS) is 10.5. The molecule has 2 aromatic carbocycles. The predicted molar refractivity (Wildman–Crippen MR) is 82.7 cm³/mol. The molecule has 3 rings (SSSR count). The minimum atomic E-state index is -0.516. The van der Waals surface area contributed by atoms with Crippen molar-refractivity contribution in [2.75, 3.05) is 0 Å². The standard InChI is InChI=1S/C17H12ClNO2/c18-17(20)14-10-16(19-15-9-5-4-8-13(14)15)21-11-12-6-2-1-3-7-12/h1-10H,11H2. The Bertz CT molecular complexity index is 787. The highest BCUT2D eigenvalue weighted by Gasteiger charge is 2.11. The summed E-state index contributed by atoms with van der Waals surface area (Å²) in [7, 11) is 0. The van der Waals surface area contributed by atoms with Crippen LogP contribution in [0.2, 0.25) is 0 Å². The zero-order valence-corrected chi connectivity index (χ0v) is 11.9. The number of hydrogen-bond donors (Lipinski definition) is 0. The second-order valence-electron chi connectivity index (χ2n) is 4.57. The van der Waals surface area contributed by atoms with Gasteiger partial charge in [-0.05, 0) is 23.2 Å². The zero-order chi connectivity index (χ0) is 14.7. The molecule has 0 aliphatic carbocycles. The minimum absolute atomic E-state index is 0.390. The lowest BCUT2D eigenvalue weighted by Crippen LogP contribution is -2.00. The summed E-state index contributed by atoms with van der Waals surface area (Å²) in [5.74, 6) is 0.390. The molecular formula is C17H12ClNO2. The summed E-state index contributed by atoms with van der Waals surface area (Å²) in [5.41, 5.74) is 2.13. The van der Waals surface area contributed by atoms with Crippen LogP contribution in [-0.4, -0.2) is 10.2 Å². The summed E-state index contributed by atoms with van der Waals surface area (Å²) in [5, 5.41) is 0.211. The molecule has 3 aromatic rings. The Morgan fingerprint density at radius 2 is 1.76 bits per heavy atom. The van der Waals surface area contributed by atoms with Crippen LogP contribution >= 0.6 is 11.6 Å². The molecule has 0 N–H and O–H groups in total. The summed E-state index contributed by atoms with van der Waals surface area (Å²) in [6.45, 7) is 0.391. The number of hydrogen-bond acceptors (Lipinski definition) is 3. The highest BCUT2D eigenvalue weighted by Crippen LogP contribution is 2.24. The van der Waals surface area contributed by atoms with Crippen LogP contribution in [0.3, 0.4) is 0 Å². The van der Waals surface area contributed by atoms with Gasteiger partial charge in [0.1, 0.15) is 6.61 Å². The first-order valence-corrected chi connectivity index (χ1v) is 6.88. The van der Waals surface area contributed by atoms with Crippen molar-refractivity contribution in [2.45, 2.75) is 6.61 Å². The number of benzene rings is 2. The van der Waals surface area contributed by atoms with Crippen LogP contribution in [0.1, 0.15) is 15.9 Å². The molecule has 1 aromatic heterocycles. The van der Waals surface area contributed by atoms with Crippen LogP contribution in [0.25, 0.3) is 10.9 Å². The van der Waals surface area contributed by atoms with E-state index in [4.69, 9.17) is 16.3 Å². The Morgan fingerprint density at radius 3 is 2.52 bits per heavy atom.